The minimum Gasteiger partial charge on any atom is -0.507 e. The molecule has 4 heteroatoms. The van der Waals surface area contributed by atoms with Crippen molar-refractivity contribution < 1.29 is 14.6 Å². The summed E-state index contributed by atoms with van der Waals surface area (Å²) in [5, 5.41) is 9.92. The topological polar surface area (TPSA) is 64.7 Å². The second-order valence-corrected chi connectivity index (χ2v) is 3.81. The van der Waals surface area contributed by atoms with E-state index in [1.54, 1.807) is 44.6 Å². The summed E-state index contributed by atoms with van der Waals surface area (Å²) < 4.78 is 10.4. The smallest absolute Gasteiger partial charge is 0.130 e. The first-order valence-corrected chi connectivity index (χ1v) is 5.47. The van der Waals surface area contributed by atoms with Gasteiger partial charge in [-0.1, -0.05) is 6.07 Å². The molecule has 0 aliphatic rings. The van der Waals surface area contributed by atoms with E-state index in [0.717, 1.165) is 5.56 Å². The molecule has 0 amide bonds. The molecule has 0 aliphatic heterocycles. The van der Waals surface area contributed by atoms with Gasteiger partial charge in [-0.05, 0) is 24.3 Å². The predicted octanol–water partition coefficient (Wildman–Crippen LogP) is 2.66. The first-order valence-electron chi connectivity index (χ1n) is 5.47. The van der Waals surface area contributed by atoms with Crippen LogP contribution in [0.3, 0.4) is 0 Å². The first-order chi connectivity index (χ1) is 8.67. The second-order valence-electron chi connectivity index (χ2n) is 3.81. The van der Waals surface area contributed by atoms with E-state index in [4.69, 9.17) is 15.2 Å². The quantitative estimate of drug-likeness (QED) is 0.816. The van der Waals surface area contributed by atoms with E-state index in [2.05, 4.69) is 0 Å². The number of benzene rings is 2. The van der Waals surface area contributed by atoms with E-state index < -0.39 is 0 Å². The van der Waals surface area contributed by atoms with Gasteiger partial charge >= 0.3 is 0 Å². The zero-order valence-electron chi connectivity index (χ0n) is 10.3. The van der Waals surface area contributed by atoms with Gasteiger partial charge in [-0.2, -0.15) is 0 Å². The molecular weight excluding hydrogens is 230 g/mol. The summed E-state index contributed by atoms with van der Waals surface area (Å²) in [5.74, 6) is 1.41. The Morgan fingerprint density at radius 3 is 2.44 bits per heavy atom. The van der Waals surface area contributed by atoms with Crippen molar-refractivity contribution in [1.29, 1.82) is 0 Å². The molecule has 0 unspecified atom stereocenters. The van der Waals surface area contributed by atoms with Crippen LogP contribution in [-0.4, -0.2) is 19.3 Å². The van der Waals surface area contributed by atoms with Crippen molar-refractivity contribution in [2.75, 3.05) is 20.0 Å². The highest BCUT2D eigenvalue weighted by atomic mass is 16.5. The van der Waals surface area contributed by atoms with Crippen molar-refractivity contribution in [3.63, 3.8) is 0 Å². The number of nitrogens with two attached hydrogens (primary N) is 1. The van der Waals surface area contributed by atoms with Crippen molar-refractivity contribution in [1.82, 2.24) is 0 Å². The van der Waals surface area contributed by atoms with Gasteiger partial charge in [-0.15, -0.1) is 0 Å². The van der Waals surface area contributed by atoms with Gasteiger partial charge in [0.25, 0.3) is 0 Å². The third kappa shape index (κ3) is 2.05. The van der Waals surface area contributed by atoms with Gasteiger partial charge in [0.1, 0.15) is 17.2 Å². The molecule has 2 rings (SSSR count). The number of phenolic OH excluding ortho intramolecular Hbond substituents is 1. The van der Waals surface area contributed by atoms with Crippen LogP contribution in [0.2, 0.25) is 0 Å². The Bertz CT molecular complexity index is 547. The summed E-state index contributed by atoms with van der Waals surface area (Å²) in [4.78, 5) is 0. The summed E-state index contributed by atoms with van der Waals surface area (Å²) in [6.07, 6.45) is 0. The Balaban J connectivity index is 2.63. The monoisotopic (exact) mass is 245 g/mol. The van der Waals surface area contributed by atoms with Crippen molar-refractivity contribution in [2.24, 2.45) is 0 Å². The molecule has 18 heavy (non-hydrogen) atoms. The SMILES string of the molecule is COc1ccc(-c2c(N)cccc2O)c(OC)c1. The van der Waals surface area contributed by atoms with Gasteiger partial charge in [-0.3, -0.25) is 0 Å². The van der Waals surface area contributed by atoms with Gasteiger partial charge in [0, 0.05) is 17.3 Å². The van der Waals surface area contributed by atoms with Crippen LogP contribution < -0.4 is 15.2 Å². The molecular formula is C14H15NO3. The first kappa shape index (κ1) is 12.1. The molecule has 94 valence electrons. The molecule has 0 atom stereocenters. The fraction of sp³-hybridized carbons (Fsp3) is 0.143. The van der Waals surface area contributed by atoms with Crippen LogP contribution in [-0.2, 0) is 0 Å². The number of rotatable bonds is 3. The normalized spacial score (nSPS) is 10.1. The molecule has 0 spiro atoms. The fourth-order valence-electron chi connectivity index (χ4n) is 1.86. The molecule has 3 N–H and O–H groups in total. The lowest BCUT2D eigenvalue weighted by Crippen LogP contribution is -1.94. The molecule has 0 bridgehead atoms. The number of hydrogen-bond donors (Lipinski definition) is 2. The summed E-state index contributed by atoms with van der Waals surface area (Å²) in [6, 6.07) is 10.4. The van der Waals surface area contributed by atoms with Crippen LogP contribution >= 0.6 is 0 Å². The minimum absolute atomic E-state index is 0.124. The Labute approximate surface area is 106 Å². The number of ether oxygens (including phenoxy) is 2. The molecule has 0 saturated carbocycles. The third-order valence-electron chi connectivity index (χ3n) is 2.75. The fourth-order valence-corrected chi connectivity index (χ4v) is 1.86. The number of methoxy groups -OCH3 is 2. The van der Waals surface area contributed by atoms with Crippen molar-refractivity contribution >= 4 is 5.69 Å². The van der Waals surface area contributed by atoms with Crippen LogP contribution in [0, 0.1) is 0 Å². The average Bonchev–Trinajstić information content (AvgIpc) is 2.38. The number of phenols is 1. The van der Waals surface area contributed by atoms with Crippen molar-refractivity contribution in [3.05, 3.63) is 36.4 Å². The molecule has 0 aromatic heterocycles. The van der Waals surface area contributed by atoms with E-state index in [9.17, 15) is 5.11 Å². The van der Waals surface area contributed by atoms with Crippen molar-refractivity contribution in [2.45, 2.75) is 0 Å². The largest absolute Gasteiger partial charge is 0.507 e. The predicted molar refractivity (Wildman–Crippen MR) is 71.1 cm³/mol. The highest BCUT2D eigenvalue weighted by molar-refractivity contribution is 5.85. The average molecular weight is 245 g/mol. The van der Waals surface area contributed by atoms with E-state index in [0.29, 0.717) is 22.7 Å². The highest BCUT2D eigenvalue weighted by Crippen LogP contribution is 2.41. The summed E-state index contributed by atoms with van der Waals surface area (Å²) >= 11 is 0. The van der Waals surface area contributed by atoms with Crippen LogP contribution in [0.4, 0.5) is 5.69 Å². The maximum absolute atomic E-state index is 9.92. The molecule has 0 radical (unpaired) electrons. The molecule has 0 aliphatic carbocycles. The lowest BCUT2D eigenvalue weighted by Gasteiger charge is -2.13. The zero-order valence-corrected chi connectivity index (χ0v) is 10.3. The summed E-state index contributed by atoms with van der Waals surface area (Å²) in [5.41, 5.74) is 7.70. The standard InChI is InChI=1S/C14H15NO3/c1-17-9-6-7-10(13(8-9)18-2)14-11(15)4-3-5-12(14)16/h3-8,16H,15H2,1-2H3. The van der Waals surface area contributed by atoms with Crippen LogP contribution in [0.25, 0.3) is 11.1 Å². The molecule has 4 nitrogen and oxygen atoms in total. The van der Waals surface area contributed by atoms with Crippen molar-refractivity contribution in [3.8, 4) is 28.4 Å². The van der Waals surface area contributed by atoms with Gasteiger partial charge < -0.3 is 20.3 Å². The number of hydrogen-bond acceptors (Lipinski definition) is 4. The Kier molecular flexibility index (Phi) is 3.28. The number of nitrogen functional groups attached to an aromatic ring is 1. The summed E-state index contributed by atoms with van der Waals surface area (Å²) in [7, 11) is 3.15. The Hall–Kier alpha value is -2.36. The molecule has 2 aromatic rings. The van der Waals surface area contributed by atoms with Crippen LogP contribution in [0.1, 0.15) is 0 Å². The molecule has 0 heterocycles. The zero-order chi connectivity index (χ0) is 13.1. The maximum Gasteiger partial charge on any atom is 0.130 e. The second kappa shape index (κ2) is 4.87. The number of anilines is 1. The molecule has 0 fully saturated rings. The minimum atomic E-state index is 0.124. The third-order valence-corrected chi connectivity index (χ3v) is 2.75. The lowest BCUT2D eigenvalue weighted by atomic mass is 10.0. The van der Waals surface area contributed by atoms with E-state index in [1.165, 1.54) is 0 Å². The summed E-state index contributed by atoms with van der Waals surface area (Å²) in [6.45, 7) is 0. The van der Waals surface area contributed by atoms with Crippen LogP contribution in [0.5, 0.6) is 17.2 Å². The molecule has 0 saturated heterocycles. The van der Waals surface area contributed by atoms with E-state index in [-0.39, 0.29) is 5.75 Å². The maximum atomic E-state index is 9.92. The Morgan fingerprint density at radius 1 is 1.06 bits per heavy atom. The Morgan fingerprint density at radius 2 is 1.83 bits per heavy atom. The van der Waals surface area contributed by atoms with Gasteiger partial charge in [0.05, 0.1) is 19.8 Å². The van der Waals surface area contributed by atoms with E-state index in [1.807, 2.05) is 6.07 Å². The van der Waals surface area contributed by atoms with Gasteiger partial charge in [0.15, 0.2) is 0 Å². The molecule has 2 aromatic carbocycles. The van der Waals surface area contributed by atoms with Gasteiger partial charge in [-0.25, -0.2) is 0 Å². The van der Waals surface area contributed by atoms with Crippen LogP contribution in [0.15, 0.2) is 36.4 Å². The van der Waals surface area contributed by atoms with Gasteiger partial charge in [0.2, 0.25) is 0 Å². The lowest BCUT2D eigenvalue weighted by molar-refractivity contribution is 0.395. The van der Waals surface area contributed by atoms with E-state index >= 15 is 0 Å². The number of aromatic hydroxyl groups is 1. The highest BCUT2D eigenvalue weighted by Gasteiger charge is 2.13.